The molecule has 8 nitrogen and oxygen atoms in total. The number of anilines is 2. The van der Waals surface area contributed by atoms with Crippen LogP contribution in [0, 0.1) is 0 Å². The summed E-state index contributed by atoms with van der Waals surface area (Å²) in [5.74, 6) is 5.03. The smallest absolute Gasteiger partial charge is 0.275 e. The first kappa shape index (κ1) is 37.6. The molecule has 2 aliphatic heterocycles. The number of hydrogen-bond donors (Lipinski definition) is 1. The average molecular weight is 840 g/mol. The lowest BCUT2D eigenvalue weighted by Gasteiger charge is -2.28. The summed E-state index contributed by atoms with van der Waals surface area (Å²) in [6, 6.07) is 56.5. The molecule has 2 heterocycles. The van der Waals surface area contributed by atoms with Crippen LogP contribution < -0.4 is 48.9 Å². The minimum Gasteiger partial charge on any atom is -0.485 e. The maximum absolute atomic E-state index is 6.74. The quantitative estimate of drug-likeness (QED) is 0.170. The number of fused-ring (bicyclic) bond motifs is 12. The summed E-state index contributed by atoms with van der Waals surface area (Å²) in [5.41, 5.74) is 3.50. The Kier molecular flexibility index (Phi) is 9.40. The van der Waals surface area contributed by atoms with Crippen LogP contribution in [0.3, 0.4) is 0 Å². The van der Waals surface area contributed by atoms with E-state index in [1.165, 1.54) is 5.22 Å². The number of rotatable bonds is 7. The molecule has 1 atom stereocenters. The van der Waals surface area contributed by atoms with E-state index in [1.54, 1.807) is 0 Å². The van der Waals surface area contributed by atoms with Crippen molar-refractivity contribution in [3.05, 3.63) is 180 Å². The van der Waals surface area contributed by atoms with Crippen molar-refractivity contribution in [3.63, 3.8) is 0 Å². The summed E-state index contributed by atoms with van der Waals surface area (Å²) in [6.45, 7) is 0.176. The highest BCUT2D eigenvalue weighted by molar-refractivity contribution is 5.99. The Balaban J connectivity index is 0.848. The summed E-state index contributed by atoms with van der Waals surface area (Å²) < 4.78 is 46.6. The molecule has 64 heavy (non-hydrogen) atoms. The molecule has 0 amide bonds. The van der Waals surface area contributed by atoms with Crippen LogP contribution in [0.2, 0.25) is 0 Å². The minimum absolute atomic E-state index is 0.0722. The van der Waals surface area contributed by atoms with E-state index in [0.29, 0.717) is 46.0 Å². The Labute approximate surface area is 369 Å². The third kappa shape index (κ3) is 6.90. The maximum atomic E-state index is 6.74. The number of para-hydroxylation sites is 2. The molecule has 1 N–H and O–H groups in total. The second kappa shape index (κ2) is 16.0. The Morgan fingerprint density at radius 2 is 0.875 bits per heavy atom. The van der Waals surface area contributed by atoms with Gasteiger partial charge in [-0.05, 0) is 70.6 Å². The van der Waals surface area contributed by atoms with Crippen LogP contribution >= 0.6 is 0 Å². The highest BCUT2D eigenvalue weighted by atomic mass is 16.7. The lowest BCUT2D eigenvalue weighted by atomic mass is 10.0. The molecule has 0 spiro atoms. The van der Waals surface area contributed by atoms with Gasteiger partial charge in [-0.3, -0.25) is 0 Å². The zero-order valence-corrected chi connectivity index (χ0v) is 34.7. The van der Waals surface area contributed by atoms with Gasteiger partial charge < -0.3 is 38.5 Å². The molecule has 12 rings (SSSR count). The summed E-state index contributed by atoms with van der Waals surface area (Å²) in [6.07, 6.45) is 4.94. The monoisotopic (exact) mass is 839 g/mol. The van der Waals surface area contributed by atoms with Crippen molar-refractivity contribution in [1.29, 1.82) is 0 Å². The van der Waals surface area contributed by atoms with Crippen molar-refractivity contribution < 1.29 is 33.2 Å². The van der Waals surface area contributed by atoms with E-state index in [9.17, 15) is 0 Å². The van der Waals surface area contributed by atoms with Gasteiger partial charge in [0.1, 0.15) is 23.0 Å². The molecule has 0 bridgehead atoms. The first-order valence-corrected chi connectivity index (χ1v) is 21.6. The number of ether oxygens (including phenoxy) is 7. The molecule has 1 unspecified atom stereocenters. The van der Waals surface area contributed by atoms with Gasteiger partial charge in [0.05, 0.1) is 11.4 Å². The van der Waals surface area contributed by atoms with Crippen LogP contribution in [-0.2, 0) is 0 Å². The van der Waals surface area contributed by atoms with E-state index in [4.69, 9.17) is 33.2 Å². The third-order valence-electron chi connectivity index (χ3n) is 12.0. The lowest BCUT2D eigenvalue weighted by Crippen LogP contribution is -2.35. The van der Waals surface area contributed by atoms with Gasteiger partial charge in [0.15, 0.2) is 36.2 Å². The van der Waals surface area contributed by atoms with Gasteiger partial charge in [-0.25, -0.2) is 0 Å². The van der Waals surface area contributed by atoms with E-state index in [0.717, 1.165) is 72.9 Å². The van der Waals surface area contributed by atoms with Gasteiger partial charge in [-0.1, -0.05) is 146 Å². The fourth-order valence-corrected chi connectivity index (χ4v) is 8.95. The van der Waals surface area contributed by atoms with Gasteiger partial charge >= 0.3 is 0 Å². The van der Waals surface area contributed by atoms with Crippen molar-refractivity contribution >= 4 is 55.8 Å². The standard InChI is InChI=1S/C56H41NO7/c1-5-17-39-35(13-1)25-29-47-53(39)57-54-40-18-6-2-14-36(40)26-30-48(54)61-51(60-47)33-58-45-23-11-9-21-43(45)44-22-10-12-24-46(44)59-34-52-62-49-31-27-37-15-3-7-19-41(37)55(49)64-56-42-20-8-4-16-38(42)28-32-50(56)63-52/h1,3-5,7-32,51-52,57H,2,6,33-34H2. The second-order valence-corrected chi connectivity index (χ2v) is 16.0. The molecular weight excluding hydrogens is 799 g/mol. The summed E-state index contributed by atoms with van der Waals surface area (Å²) in [5, 5.41) is 12.2. The topological polar surface area (TPSA) is 76.6 Å². The van der Waals surface area contributed by atoms with Gasteiger partial charge in [0.25, 0.3) is 12.6 Å². The fourth-order valence-electron chi connectivity index (χ4n) is 8.95. The molecular formula is C56H41NO7. The number of nitrogens with one attached hydrogen (secondary N) is 1. The fraction of sp³-hybridized carbons (Fsp3) is 0.107. The molecule has 9 aromatic rings. The largest absolute Gasteiger partial charge is 0.485 e. The van der Waals surface area contributed by atoms with E-state index in [2.05, 4.69) is 53.9 Å². The zero-order valence-electron chi connectivity index (χ0n) is 34.7. The normalized spacial score (nSPS) is 15.0. The number of hydrogen-bond acceptors (Lipinski definition) is 8. The van der Waals surface area contributed by atoms with Gasteiger partial charge in [-0.2, -0.15) is 0 Å². The lowest BCUT2D eigenvalue weighted by molar-refractivity contribution is -0.0327. The molecule has 0 radical (unpaired) electrons. The summed E-state index contributed by atoms with van der Waals surface area (Å²) >= 11 is 0. The maximum Gasteiger partial charge on any atom is 0.275 e. The molecule has 0 aromatic heterocycles. The Morgan fingerprint density at radius 1 is 0.422 bits per heavy atom. The SMILES string of the molecule is C1=c2ccc3c(c2=CCC1)Nc1c(ccc2ccccc12)OC(COc1ccccc1-c1ccccc1OCC1Oc2ccc4ccccc4c2Oc2c(ccc4ccccc24)O1)O3. The minimum atomic E-state index is -0.824. The van der Waals surface area contributed by atoms with Crippen LogP contribution in [0.1, 0.15) is 12.8 Å². The van der Waals surface area contributed by atoms with Crippen molar-refractivity contribution in [3.8, 4) is 57.1 Å². The Hall–Kier alpha value is -8.10. The predicted octanol–water partition coefficient (Wildman–Crippen LogP) is 12.1. The van der Waals surface area contributed by atoms with Crippen LogP contribution in [0.4, 0.5) is 11.4 Å². The van der Waals surface area contributed by atoms with E-state index >= 15 is 0 Å². The van der Waals surface area contributed by atoms with Crippen LogP contribution in [-0.4, -0.2) is 25.8 Å². The zero-order chi connectivity index (χ0) is 42.4. The van der Waals surface area contributed by atoms with Crippen molar-refractivity contribution in [2.75, 3.05) is 18.5 Å². The second-order valence-electron chi connectivity index (χ2n) is 16.0. The van der Waals surface area contributed by atoms with Crippen LogP contribution in [0.25, 0.3) is 55.6 Å². The molecule has 312 valence electrons. The predicted molar refractivity (Wildman–Crippen MR) is 252 cm³/mol. The van der Waals surface area contributed by atoms with Crippen molar-refractivity contribution in [2.45, 2.75) is 25.4 Å². The highest BCUT2D eigenvalue weighted by Crippen LogP contribution is 2.47. The summed E-state index contributed by atoms with van der Waals surface area (Å²) in [4.78, 5) is 0. The molecule has 0 saturated carbocycles. The van der Waals surface area contributed by atoms with Crippen molar-refractivity contribution in [2.24, 2.45) is 0 Å². The number of benzene rings is 9. The highest BCUT2D eigenvalue weighted by Gasteiger charge is 2.28. The van der Waals surface area contributed by atoms with E-state index in [1.807, 2.05) is 133 Å². The third-order valence-corrected chi connectivity index (χ3v) is 12.0. The van der Waals surface area contributed by atoms with Crippen molar-refractivity contribution in [1.82, 2.24) is 0 Å². The first-order chi connectivity index (χ1) is 31.7. The summed E-state index contributed by atoms with van der Waals surface area (Å²) in [7, 11) is 0. The van der Waals surface area contributed by atoms with E-state index < -0.39 is 12.6 Å². The Bertz CT molecular complexity index is 3310. The van der Waals surface area contributed by atoms with Gasteiger partial charge in [0, 0.05) is 32.5 Å². The van der Waals surface area contributed by atoms with Gasteiger partial charge in [0.2, 0.25) is 0 Å². The van der Waals surface area contributed by atoms with Gasteiger partial charge in [-0.15, -0.1) is 0 Å². The molecule has 9 aromatic carbocycles. The average Bonchev–Trinajstić information content (AvgIpc) is 3.33. The van der Waals surface area contributed by atoms with Crippen LogP contribution in [0.5, 0.6) is 46.0 Å². The van der Waals surface area contributed by atoms with Crippen LogP contribution in [0.15, 0.2) is 170 Å². The molecule has 8 heteroatoms. The molecule has 1 aliphatic carbocycles. The molecule has 0 fully saturated rings. The molecule has 0 saturated heterocycles. The Morgan fingerprint density at radius 3 is 1.48 bits per heavy atom. The van der Waals surface area contributed by atoms with E-state index in [-0.39, 0.29) is 13.2 Å². The first-order valence-electron chi connectivity index (χ1n) is 21.6. The molecule has 3 aliphatic rings.